The molecule has 0 nitrogen and oxygen atoms in total. The van der Waals surface area contributed by atoms with E-state index >= 15 is 0 Å². The highest BCUT2D eigenvalue weighted by molar-refractivity contribution is 5.00. The molecule has 0 aliphatic rings. The first-order chi connectivity index (χ1) is 4.70. The van der Waals surface area contributed by atoms with Crippen LogP contribution in [-0.2, 0) is 0 Å². The molecule has 0 heteroatoms. The van der Waals surface area contributed by atoms with Crippen LogP contribution >= 0.6 is 0 Å². The molecule has 0 saturated carbocycles. The summed E-state index contributed by atoms with van der Waals surface area (Å²) in [5.41, 5.74) is 1.62. The molecule has 0 saturated heterocycles. The highest BCUT2D eigenvalue weighted by Gasteiger charge is 1.96. The molecule has 60 valence electrons. The minimum atomic E-state index is 0.817. The molecule has 0 spiro atoms. The van der Waals surface area contributed by atoms with E-state index in [0.717, 1.165) is 5.92 Å². The molecule has 0 unspecified atom stereocenters. The monoisotopic (exact) mass is 140 g/mol. The topological polar surface area (TPSA) is 0 Å². The van der Waals surface area contributed by atoms with Gasteiger partial charge in [0.15, 0.2) is 0 Å². The summed E-state index contributed by atoms with van der Waals surface area (Å²) < 4.78 is 0. The predicted octanol–water partition coefficient (Wildman–Crippen LogP) is 3.78. The zero-order valence-corrected chi connectivity index (χ0v) is 7.78. The van der Waals surface area contributed by atoms with Crippen molar-refractivity contribution < 1.29 is 0 Å². The third-order valence-electron chi connectivity index (χ3n) is 1.62. The maximum atomic E-state index is 2.36. The van der Waals surface area contributed by atoms with Gasteiger partial charge in [-0.1, -0.05) is 39.3 Å². The Morgan fingerprint density at radius 2 is 1.90 bits per heavy atom. The summed E-state index contributed by atoms with van der Waals surface area (Å²) in [4.78, 5) is 0. The average molecular weight is 140 g/mol. The number of rotatable bonds is 4. The summed E-state index contributed by atoms with van der Waals surface area (Å²) in [5, 5.41) is 0. The summed E-state index contributed by atoms with van der Waals surface area (Å²) in [6, 6.07) is 0. The first kappa shape index (κ1) is 9.74. The second-order valence-electron chi connectivity index (χ2n) is 3.22. The quantitative estimate of drug-likeness (QED) is 0.521. The maximum absolute atomic E-state index is 2.36. The minimum Gasteiger partial charge on any atom is -0.0856 e. The smallest absolute Gasteiger partial charge is 0.0297 e. The molecule has 0 fully saturated rings. The lowest BCUT2D eigenvalue weighted by Crippen LogP contribution is -1.90. The van der Waals surface area contributed by atoms with Crippen molar-refractivity contribution in [1.82, 2.24) is 0 Å². The van der Waals surface area contributed by atoms with Gasteiger partial charge in [-0.25, -0.2) is 0 Å². The third kappa shape index (κ3) is 4.60. The fourth-order valence-electron chi connectivity index (χ4n) is 1.19. The van der Waals surface area contributed by atoms with Crippen LogP contribution in [0.1, 0.15) is 47.0 Å². The zero-order valence-electron chi connectivity index (χ0n) is 7.78. The number of allylic oxidation sites excluding steroid dienone is 2. The summed E-state index contributed by atoms with van der Waals surface area (Å²) in [5.74, 6) is 0.817. The van der Waals surface area contributed by atoms with Crippen LogP contribution in [0.15, 0.2) is 11.6 Å². The van der Waals surface area contributed by atoms with Crippen molar-refractivity contribution in [1.29, 1.82) is 0 Å². The van der Waals surface area contributed by atoms with Crippen LogP contribution < -0.4 is 0 Å². The molecular weight excluding hydrogens is 120 g/mol. The average Bonchev–Trinajstić information content (AvgIpc) is 1.86. The van der Waals surface area contributed by atoms with Crippen molar-refractivity contribution in [2.24, 2.45) is 5.92 Å². The van der Waals surface area contributed by atoms with Gasteiger partial charge < -0.3 is 0 Å². The Bertz CT molecular complexity index is 98.6. The molecule has 0 aromatic carbocycles. The summed E-state index contributed by atoms with van der Waals surface area (Å²) in [6.07, 6.45) is 6.06. The first-order valence-corrected chi connectivity index (χ1v) is 4.38. The van der Waals surface area contributed by atoms with Gasteiger partial charge in [-0.05, 0) is 25.2 Å². The Labute approximate surface area is 65.3 Å². The van der Waals surface area contributed by atoms with E-state index in [-0.39, 0.29) is 0 Å². The fourth-order valence-corrected chi connectivity index (χ4v) is 1.19. The molecular formula is C10H20. The lowest BCUT2D eigenvalue weighted by molar-refractivity contribution is 0.628. The normalized spacial score (nSPS) is 12.7. The summed E-state index contributed by atoms with van der Waals surface area (Å²) >= 11 is 0. The Morgan fingerprint density at radius 3 is 2.20 bits per heavy atom. The van der Waals surface area contributed by atoms with Crippen LogP contribution in [-0.4, -0.2) is 0 Å². The molecule has 0 atom stereocenters. The zero-order chi connectivity index (χ0) is 7.98. The Morgan fingerprint density at radius 1 is 1.30 bits per heavy atom. The lowest BCUT2D eigenvalue weighted by Gasteiger charge is -2.06. The SMILES string of the molecule is CCC=C(CC)CC(C)C. The third-order valence-corrected chi connectivity index (χ3v) is 1.62. The van der Waals surface area contributed by atoms with E-state index in [9.17, 15) is 0 Å². The van der Waals surface area contributed by atoms with Crippen LogP contribution in [0.5, 0.6) is 0 Å². The van der Waals surface area contributed by atoms with Crippen LogP contribution in [0.2, 0.25) is 0 Å². The largest absolute Gasteiger partial charge is 0.0856 e. The molecule has 0 heterocycles. The summed E-state index contributed by atoms with van der Waals surface area (Å²) in [6.45, 7) is 9.00. The number of hydrogen-bond acceptors (Lipinski definition) is 0. The van der Waals surface area contributed by atoms with E-state index in [1.807, 2.05) is 0 Å². The molecule has 0 aromatic rings. The van der Waals surface area contributed by atoms with E-state index in [2.05, 4.69) is 33.8 Å². The Balaban J connectivity index is 3.71. The van der Waals surface area contributed by atoms with Gasteiger partial charge in [-0.3, -0.25) is 0 Å². The van der Waals surface area contributed by atoms with Gasteiger partial charge in [-0.2, -0.15) is 0 Å². The minimum absolute atomic E-state index is 0.817. The van der Waals surface area contributed by atoms with E-state index < -0.39 is 0 Å². The van der Waals surface area contributed by atoms with Crippen molar-refractivity contribution in [2.75, 3.05) is 0 Å². The first-order valence-electron chi connectivity index (χ1n) is 4.38. The van der Waals surface area contributed by atoms with Gasteiger partial charge in [-0.15, -0.1) is 0 Å². The van der Waals surface area contributed by atoms with Gasteiger partial charge >= 0.3 is 0 Å². The van der Waals surface area contributed by atoms with Crippen molar-refractivity contribution in [3.05, 3.63) is 11.6 Å². The highest BCUT2D eigenvalue weighted by Crippen LogP contribution is 2.13. The molecule has 0 radical (unpaired) electrons. The van der Waals surface area contributed by atoms with E-state index in [0.29, 0.717) is 0 Å². The van der Waals surface area contributed by atoms with Gasteiger partial charge in [0, 0.05) is 0 Å². The molecule has 0 aromatic heterocycles. The summed E-state index contributed by atoms with van der Waals surface area (Å²) in [7, 11) is 0. The van der Waals surface area contributed by atoms with Crippen LogP contribution in [0.3, 0.4) is 0 Å². The molecule has 0 rings (SSSR count). The van der Waals surface area contributed by atoms with Crippen molar-refractivity contribution in [3.8, 4) is 0 Å². The molecule has 10 heavy (non-hydrogen) atoms. The van der Waals surface area contributed by atoms with Crippen LogP contribution in [0.4, 0.5) is 0 Å². The van der Waals surface area contributed by atoms with Crippen molar-refractivity contribution in [3.63, 3.8) is 0 Å². The molecule has 0 aliphatic carbocycles. The van der Waals surface area contributed by atoms with Gasteiger partial charge in [0.05, 0.1) is 0 Å². The van der Waals surface area contributed by atoms with E-state index in [1.54, 1.807) is 5.57 Å². The second kappa shape index (κ2) is 5.52. The van der Waals surface area contributed by atoms with Crippen molar-refractivity contribution in [2.45, 2.75) is 47.0 Å². The maximum Gasteiger partial charge on any atom is -0.0297 e. The van der Waals surface area contributed by atoms with Crippen LogP contribution in [0.25, 0.3) is 0 Å². The van der Waals surface area contributed by atoms with Crippen molar-refractivity contribution >= 4 is 0 Å². The van der Waals surface area contributed by atoms with Gasteiger partial charge in [0.25, 0.3) is 0 Å². The lowest BCUT2D eigenvalue weighted by atomic mass is 10.0. The van der Waals surface area contributed by atoms with Crippen LogP contribution in [0, 0.1) is 5.92 Å². The van der Waals surface area contributed by atoms with Gasteiger partial charge in [0.1, 0.15) is 0 Å². The molecule has 0 N–H and O–H groups in total. The standard InChI is InChI=1S/C10H20/c1-5-7-10(6-2)8-9(3)4/h7,9H,5-6,8H2,1-4H3. The molecule has 0 aliphatic heterocycles. The molecule has 0 amide bonds. The Kier molecular flexibility index (Phi) is 5.38. The molecule has 0 bridgehead atoms. The highest BCUT2D eigenvalue weighted by atomic mass is 14.0. The van der Waals surface area contributed by atoms with E-state index in [1.165, 1.54) is 19.3 Å². The second-order valence-corrected chi connectivity index (χ2v) is 3.22. The fraction of sp³-hybridized carbons (Fsp3) is 0.800. The van der Waals surface area contributed by atoms with E-state index in [4.69, 9.17) is 0 Å². The predicted molar refractivity (Wildman–Crippen MR) is 48.1 cm³/mol. The Hall–Kier alpha value is -0.260. The number of hydrogen-bond donors (Lipinski definition) is 0. The van der Waals surface area contributed by atoms with Gasteiger partial charge in [0.2, 0.25) is 0 Å².